The molecule has 3 nitrogen and oxygen atoms in total. The lowest BCUT2D eigenvalue weighted by Gasteiger charge is -2.19. The van der Waals surface area contributed by atoms with E-state index in [0.29, 0.717) is 11.3 Å². The topological polar surface area (TPSA) is 46.2 Å². The summed E-state index contributed by atoms with van der Waals surface area (Å²) in [7, 11) is -3.18. The second-order valence-corrected chi connectivity index (χ2v) is 7.52. The van der Waals surface area contributed by atoms with Gasteiger partial charge in [-0.3, -0.25) is 0 Å². The van der Waals surface area contributed by atoms with Crippen LogP contribution in [0.4, 0.5) is 0 Å². The van der Waals surface area contributed by atoms with Gasteiger partial charge >= 0.3 is 0 Å². The van der Waals surface area contributed by atoms with Crippen LogP contribution in [0.2, 0.25) is 0 Å². The van der Waals surface area contributed by atoms with Gasteiger partial charge in [-0.25, -0.2) is 8.42 Å². The third-order valence-electron chi connectivity index (χ3n) is 4.04. The van der Waals surface area contributed by atoms with Crippen molar-refractivity contribution in [3.8, 4) is 0 Å². The molecule has 0 radical (unpaired) electrons. The molecular weight excluding hydrogens is 258 g/mol. The quantitative estimate of drug-likeness (QED) is 0.923. The summed E-state index contributed by atoms with van der Waals surface area (Å²) in [6, 6.07) is 3.84. The zero-order valence-electron chi connectivity index (χ0n) is 12.2. The van der Waals surface area contributed by atoms with Crippen molar-refractivity contribution in [3.63, 3.8) is 0 Å². The van der Waals surface area contributed by atoms with Crippen LogP contribution in [0.5, 0.6) is 0 Å². The lowest BCUT2D eigenvalue weighted by atomic mass is 9.97. The Labute approximate surface area is 116 Å². The van der Waals surface area contributed by atoms with Crippen LogP contribution in [0, 0.1) is 13.8 Å². The minimum Gasteiger partial charge on any atom is -0.309 e. The molecule has 1 aromatic rings. The van der Waals surface area contributed by atoms with E-state index >= 15 is 0 Å². The van der Waals surface area contributed by atoms with Crippen LogP contribution in [0.15, 0.2) is 17.0 Å². The van der Waals surface area contributed by atoms with Crippen LogP contribution in [0.25, 0.3) is 0 Å². The van der Waals surface area contributed by atoms with Crippen molar-refractivity contribution in [2.75, 3.05) is 6.54 Å². The molecule has 19 heavy (non-hydrogen) atoms. The highest BCUT2D eigenvalue weighted by Gasteiger charge is 2.44. The van der Waals surface area contributed by atoms with Gasteiger partial charge in [0.15, 0.2) is 9.84 Å². The summed E-state index contributed by atoms with van der Waals surface area (Å²) in [5.41, 5.74) is 3.17. The summed E-state index contributed by atoms with van der Waals surface area (Å²) in [5.74, 6) is 0. The number of aryl methyl sites for hydroxylation is 2. The van der Waals surface area contributed by atoms with E-state index in [1.165, 1.54) is 0 Å². The Hall–Kier alpha value is -0.870. The molecule has 0 amide bonds. The largest absolute Gasteiger partial charge is 0.309 e. The first-order valence-corrected chi connectivity index (χ1v) is 8.56. The van der Waals surface area contributed by atoms with Crippen LogP contribution < -0.4 is 5.32 Å². The fourth-order valence-electron chi connectivity index (χ4n) is 2.91. The van der Waals surface area contributed by atoms with Crippen LogP contribution in [0.3, 0.4) is 0 Å². The summed E-state index contributed by atoms with van der Waals surface area (Å²) >= 11 is 0. The van der Waals surface area contributed by atoms with E-state index in [1.807, 2.05) is 39.8 Å². The molecule has 1 aliphatic heterocycles. The van der Waals surface area contributed by atoms with Crippen molar-refractivity contribution in [1.29, 1.82) is 0 Å². The highest BCUT2D eigenvalue weighted by Crippen LogP contribution is 2.42. The van der Waals surface area contributed by atoms with E-state index < -0.39 is 9.84 Å². The van der Waals surface area contributed by atoms with E-state index in [-0.39, 0.29) is 11.3 Å². The number of hydrogen-bond donors (Lipinski definition) is 1. The summed E-state index contributed by atoms with van der Waals surface area (Å²) in [4.78, 5) is 0.542. The number of rotatable bonds is 4. The van der Waals surface area contributed by atoms with Crippen molar-refractivity contribution < 1.29 is 8.42 Å². The van der Waals surface area contributed by atoms with E-state index in [1.54, 1.807) is 0 Å². The lowest BCUT2D eigenvalue weighted by Crippen LogP contribution is -2.31. The first kappa shape index (κ1) is 14.5. The monoisotopic (exact) mass is 281 g/mol. The van der Waals surface area contributed by atoms with Crippen molar-refractivity contribution in [3.05, 3.63) is 28.8 Å². The fraction of sp³-hybridized carbons (Fsp3) is 0.600. The van der Waals surface area contributed by atoms with Gasteiger partial charge < -0.3 is 5.32 Å². The average Bonchev–Trinajstić information content (AvgIpc) is 2.53. The van der Waals surface area contributed by atoms with Crippen LogP contribution in [0.1, 0.15) is 49.4 Å². The zero-order chi connectivity index (χ0) is 14.2. The maximum absolute atomic E-state index is 12.7. The number of hydrogen-bond acceptors (Lipinski definition) is 3. The number of sulfone groups is 1. The molecule has 2 atom stereocenters. The Balaban J connectivity index is 2.60. The van der Waals surface area contributed by atoms with E-state index in [4.69, 9.17) is 0 Å². The predicted molar refractivity (Wildman–Crippen MR) is 78.2 cm³/mol. The van der Waals surface area contributed by atoms with Gasteiger partial charge in [-0.1, -0.05) is 26.3 Å². The number of nitrogens with one attached hydrogen (secondary N) is 1. The van der Waals surface area contributed by atoms with Gasteiger partial charge in [0.1, 0.15) is 0 Å². The standard InChI is InChI=1S/C15H23NO2S/c1-5-7-13-15(16-6-2)12-8-10(3)11(4)9-14(12)19(13,17)18/h8-9,13,15-16H,5-7H2,1-4H3. The summed E-state index contributed by atoms with van der Waals surface area (Å²) in [6.45, 7) is 8.86. The molecule has 1 aromatic carbocycles. The molecule has 2 unspecified atom stereocenters. The number of fused-ring (bicyclic) bond motifs is 1. The van der Waals surface area contributed by atoms with E-state index in [0.717, 1.165) is 29.7 Å². The molecule has 0 saturated heterocycles. The summed E-state index contributed by atoms with van der Waals surface area (Å²) in [5, 5.41) is 3.05. The van der Waals surface area contributed by atoms with Gasteiger partial charge in [0.2, 0.25) is 0 Å². The second kappa shape index (κ2) is 5.25. The summed E-state index contributed by atoms with van der Waals surface area (Å²) in [6.07, 6.45) is 1.60. The average molecular weight is 281 g/mol. The number of benzene rings is 1. The second-order valence-electron chi connectivity index (χ2n) is 5.38. The fourth-order valence-corrected chi connectivity index (χ4v) is 5.24. The Morgan fingerprint density at radius 2 is 1.79 bits per heavy atom. The molecule has 0 aliphatic carbocycles. The molecule has 0 fully saturated rings. The van der Waals surface area contributed by atoms with Gasteiger partial charge in [0, 0.05) is 0 Å². The van der Waals surface area contributed by atoms with Crippen LogP contribution in [-0.4, -0.2) is 20.2 Å². The van der Waals surface area contributed by atoms with Crippen LogP contribution >= 0.6 is 0 Å². The van der Waals surface area contributed by atoms with Crippen LogP contribution in [-0.2, 0) is 9.84 Å². The first-order valence-electron chi connectivity index (χ1n) is 7.01. The van der Waals surface area contributed by atoms with Crippen molar-refractivity contribution in [2.45, 2.75) is 56.7 Å². The maximum atomic E-state index is 12.7. The van der Waals surface area contributed by atoms with E-state index in [9.17, 15) is 8.42 Å². The Morgan fingerprint density at radius 3 is 2.37 bits per heavy atom. The molecule has 106 valence electrons. The Morgan fingerprint density at radius 1 is 1.16 bits per heavy atom. The van der Waals surface area contributed by atoms with Gasteiger partial charge in [0.05, 0.1) is 16.2 Å². The summed E-state index contributed by atoms with van der Waals surface area (Å²) < 4.78 is 25.4. The van der Waals surface area contributed by atoms with Crippen molar-refractivity contribution in [2.24, 2.45) is 0 Å². The molecule has 0 aromatic heterocycles. The normalized spacial score (nSPS) is 24.4. The molecule has 0 spiro atoms. The molecule has 2 rings (SSSR count). The van der Waals surface area contributed by atoms with Gasteiger partial charge in [-0.05, 0) is 49.6 Å². The van der Waals surface area contributed by atoms with Crippen molar-refractivity contribution in [1.82, 2.24) is 5.32 Å². The first-order chi connectivity index (χ1) is 8.93. The third-order valence-corrected chi connectivity index (χ3v) is 6.31. The molecule has 4 heteroatoms. The van der Waals surface area contributed by atoms with Gasteiger partial charge in [-0.15, -0.1) is 0 Å². The molecule has 1 N–H and O–H groups in total. The third kappa shape index (κ3) is 2.32. The molecule has 1 aliphatic rings. The van der Waals surface area contributed by atoms with Crippen molar-refractivity contribution >= 4 is 9.84 Å². The highest BCUT2D eigenvalue weighted by molar-refractivity contribution is 7.92. The molecule has 1 heterocycles. The van der Waals surface area contributed by atoms with Gasteiger partial charge in [-0.2, -0.15) is 0 Å². The minimum absolute atomic E-state index is 0.0516. The van der Waals surface area contributed by atoms with E-state index in [2.05, 4.69) is 5.32 Å². The Kier molecular flexibility index (Phi) is 4.02. The predicted octanol–water partition coefficient (Wildman–Crippen LogP) is 2.91. The Bertz CT molecular complexity index is 578. The SMILES string of the molecule is CCCC1C(NCC)c2cc(C)c(C)cc2S1(=O)=O. The maximum Gasteiger partial charge on any atom is 0.183 e. The minimum atomic E-state index is -3.18. The van der Waals surface area contributed by atoms with Gasteiger partial charge in [0.25, 0.3) is 0 Å². The highest BCUT2D eigenvalue weighted by atomic mass is 32.2. The smallest absolute Gasteiger partial charge is 0.183 e. The lowest BCUT2D eigenvalue weighted by molar-refractivity contribution is 0.492. The molecule has 0 saturated carbocycles. The zero-order valence-corrected chi connectivity index (χ0v) is 13.0. The molecule has 0 bridgehead atoms. The molecular formula is C15H23NO2S.